The highest BCUT2D eigenvalue weighted by molar-refractivity contribution is 6.33. The third kappa shape index (κ3) is 7.28. The van der Waals surface area contributed by atoms with Crippen molar-refractivity contribution in [2.75, 3.05) is 67.3 Å². The van der Waals surface area contributed by atoms with E-state index in [9.17, 15) is 14.7 Å². The van der Waals surface area contributed by atoms with E-state index in [1.165, 1.54) is 12.3 Å². The van der Waals surface area contributed by atoms with Crippen LogP contribution in [-0.4, -0.2) is 84.3 Å². The number of nitrogens with one attached hydrogen (secondary N) is 4. The van der Waals surface area contributed by atoms with E-state index in [1.54, 1.807) is 37.4 Å². The molecule has 0 aliphatic carbocycles. The maximum atomic E-state index is 12.4. The maximum Gasteiger partial charge on any atom is 0.253 e. The first-order chi connectivity index (χ1) is 21.4. The molecule has 5 rings (SSSR count). The molecule has 0 bridgehead atoms. The van der Waals surface area contributed by atoms with Crippen molar-refractivity contribution < 1.29 is 19.4 Å². The zero-order valence-electron chi connectivity index (χ0n) is 24.6. The second-order valence-corrected chi connectivity index (χ2v) is 10.9. The number of carbonyl (C=O) groups is 2. The van der Waals surface area contributed by atoms with Gasteiger partial charge in [-0.05, 0) is 43.2 Å². The average Bonchev–Trinajstić information content (AvgIpc) is 3.06. The lowest BCUT2D eigenvalue weighted by atomic mass is 10.0. The quantitative estimate of drug-likeness (QED) is 0.212. The topological polar surface area (TPSA) is 144 Å². The van der Waals surface area contributed by atoms with Crippen LogP contribution in [0.25, 0.3) is 0 Å². The number of ether oxygens (including phenoxy) is 1. The van der Waals surface area contributed by atoms with Gasteiger partial charge in [0.25, 0.3) is 5.91 Å². The Morgan fingerprint density at radius 2 is 1.84 bits per heavy atom. The number of para-hydroxylation sites is 1. The number of anilines is 6. The number of halogens is 1. The Bertz CT molecular complexity index is 1510. The van der Waals surface area contributed by atoms with Gasteiger partial charge in [-0.2, -0.15) is 4.98 Å². The van der Waals surface area contributed by atoms with Crippen LogP contribution in [-0.2, 0) is 16.1 Å². The number of carbonyl (C=O) groups excluding carboxylic acids is 2. The first-order valence-corrected chi connectivity index (χ1v) is 14.9. The standard InChI is InChI=1S/C31H37ClN8O4/c1-3-28(42)35-26-17-25(20(19-41)16-27(26)40-10-8-21(9-11-40)39-12-14-44-15-13-39)37-31-34-18-23(32)29(38-31)36-24-7-5-4-6-22(24)30(43)33-2/h3-7,16-18,21,41H,1,8-15,19H2,2H3,(H,33,43)(H,35,42)(H2,34,36,37,38). The van der Waals surface area contributed by atoms with Crippen LogP contribution in [0.5, 0.6) is 0 Å². The van der Waals surface area contributed by atoms with Crippen LogP contribution in [0.3, 0.4) is 0 Å². The minimum absolute atomic E-state index is 0.198. The summed E-state index contributed by atoms with van der Waals surface area (Å²) in [4.78, 5) is 38.4. The summed E-state index contributed by atoms with van der Waals surface area (Å²) < 4.78 is 5.52. The molecular weight excluding hydrogens is 584 g/mol. The highest BCUT2D eigenvalue weighted by atomic mass is 35.5. The number of aliphatic hydroxyl groups excluding tert-OH is 1. The monoisotopic (exact) mass is 620 g/mol. The van der Waals surface area contributed by atoms with Crippen LogP contribution in [0.15, 0.2) is 55.3 Å². The number of hydrogen-bond donors (Lipinski definition) is 5. The molecule has 3 aromatic rings. The smallest absolute Gasteiger partial charge is 0.253 e. The van der Waals surface area contributed by atoms with Gasteiger partial charge < -0.3 is 36.0 Å². The number of morpholine rings is 1. The third-order valence-electron chi connectivity index (χ3n) is 7.84. The van der Waals surface area contributed by atoms with Crippen LogP contribution in [0, 0.1) is 0 Å². The van der Waals surface area contributed by atoms with Crippen molar-refractivity contribution in [1.29, 1.82) is 0 Å². The molecule has 44 heavy (non-hydrogen) atoms. The lowest BCUT2D eigenvalue weighted by molar-refractivity contribution is -0.111. The third-order valence-corrected chi connectivity index (χ3v) is 8.12. The predicted octanol–water partition coefficient (Wildman–Crippen LogP) is 3.89. The van der Waals surface area contributed by atoms with Gasteiger partial charge in [0.15, 0.2) is 5.82 Å². The molecule has 0 radical (unpaired) electrons. The molecule has 0 unspecified atom stereocenters. The van der Waals surface area contributed by atoms with E-state index >= 15 is 0 Å². The van der Waals surface area contributed by atoms with Crippen LogP contribution >= 0.6 is 11.6 Å². The van der Waals surface area contributed by atoms with E-state index in [0.717, 1.165) is 57.9 Å². The summed E-state index contributed by atoms with van der Waals surface area (Å²) in [5, 5.41) is 22.4. The molecule has 2 amide bonds. The van der Waals surface area contributed by atoms with Gasteiger partial charge in [-0.25, -0.2) is 4.98 Å². The van der Waals surface area contributed by atoms with Gasteiger partial charge in [-0.15, -0.1) is 0 Å². The van der Waals surface area contributed by atoms with E-state index in [-0.39, 0.29) is 35.2 Å². The minimum atomic E-state index is -0.346. The fraction of sp³-hybridized carbons (Fsp3) is 0.355. The van der Waals surface area contributed by atoms with E-state index in [0.29, 0.717) is 34.2 Å². The summed E-state index contributed by atoms with van der Waals surface area (Å²) in [5.74, 6) is -0.125. The average molecular weight is 621 g/mol. The van der Waals surface area contributed by atoms with E-state index in [4.69, 9.17) is 16.3 Å². The number of nitrogens with zero attached hydrogens (tertiary/aromatic N) is 4. The maximum absolute atomic E-state index is 12.4. The van der Waals surface area contributed by atoms with Gasteiger partial charge in [0.2, 0.25) is 11.9 Å². The van der Waals surface area contributed by atoms with Gasteiger partial charge in [0.1, 0.15) is 5.02 Å². The van der Waals surface area contributed by atoms with Gasteiger partial charge >= 0.3 is 0 Å². The van der Waals surface area contributed by atoms with Crippen molar-refractivity contribution >= 4 is 57.9 Å². The Labute approximate surface area is 261 Å². The number of aromatic nitrogens is 2. The normalized spacial score (nSPS) is 15.8. The Balaban J connectivity index is 1.40. The second kappa shape index (κ2) is 14.5. The zero-order valence-corrected chi connectivity index (χ0v) is 25.4. The molecule has 2 aliphatic heterocycles. The van der Waals surface area contributed by atoms with Crippen molar-refractivity contribution in [3.8, 4) is 0 Å². The first kappa shape index (κ1) is 31.2. The Morgan fingerprint density at radius 3 is 2.55 bits per heavy atom. The second-order valence-electron chi connectivity index (χ2n) is 10.5. The highest BCUT2D eigenvalue weighted by Crippen LogP contribution is 2.36. The molecule has 2 aromatic carbocycles. The molecule has 13 heteroatoms. The number of hydrogen-bond acceptors (Lipinski definition) is 10. The summed E-state index contributed by atoms with van der Waals surface area (Å²) >= 11 is 6.41. The number of piperidine rings is 1. The summed E-state index contributed by atoms with van der Waals surface area (Å²) in [5.41, 5.74) is 3.45. The Kier molecular flexibility index (Phi) is 10.3. The van der Waals surface area contributed by atoms with Crippen LogP contribution < -0.4 is 26.2 Å². The molecule has 2 aliphatic rings. The van der Waals surface area contributed by atoms with E-state index < -0.39 is 0 Å². The SMILES string of the molecule is C=CC(=O)Nc1cc(Nc2ncc(Cl)c(Nc3ccccc3C(=O)NC)n2)c(CO)cc1N1CCC(N2CCOCC2)CC1. The summed E-state index contributed by atoms with van der Waals surface area (Å²) in [6.45, 7) is 8.39. The van der Waals surface area contributed by atoms with Gasteiger partial charge in [-0.3, -0.25) is 14.5 Å². The molecule has 2 fully saturated rings. The summed E-state index contributed by atoms with van der Waals surface area (Å²) in [6.07, 6.45) is 4.63. The molecule has 0 saturated carbocycles. The molecule has 3 heterocycles. The number of benzene rings is 2. The molecule has 5 N–H and O–H groups in total. The van der Waals surface area contributed by atoms with Gasteiger partial charge in [-0.1, -0.05) is 30.3 Å². The lowest BCUT2D eigenvalue weighted by Crippen LogP contribution is -2.49. The van der Waals surface area contributed by atoms with E-state index in [1.807, 2.05) is 6.07 Å². The van der Waals surface area contributed by atoms with Crippen LogP contribution in [0.1, 0.15) is 28.8 Å². The number of amides is 2. The minimum Gasteiger partial charge on any atom is -0.392 e. The van der Waals surface area contributed by atoms with E-state index in [2.05, 4.69) is 47.6 Å². The largest absolute Gasteiger partial charge is 0.392 e. The number of aliphatic hydroxyl groups is 1. The lowest BCUT2D eigenvalue weighted by Gasteiger charge is -2.41. The predicted molar refractivity (Wildman–Crippen MR) is 172 cm³/mol. The van der Waals surface area contributed by atoms with Crippen LogP contribution in [0.4, 0.5) is 34.5 Å². The van der Waals surface area contributed by atoms with Crippen molar-refractivity contribution in [2.24, 2.45) is 0 Å². The Morgan fingerprint density at radius 1 is 1.09 bits per heavy atom. The molecule has 0 spiro atoms. The molecule has 0 atom stereocenters. The summed E-state index contributed by atoms with van der Waals surface area (Å²) in [7, 11) is 1.56. The van der Waals surface area contributed by atoms with Gasteiger partial charge in [0, 0.05) is 50.5 Å². The van der Waals surface area contributed by atoms with Crippen molar-refractivity contribution in [3.05, 3.63) is 71.4 Å². The Hall–Kier alpha value is -4.23. The highest BCUT2D eigenvalue weighted by Gasteiger charge is 2.27. The molecule has 232 valence electrons. The van der Waals surface area contributed by atoms with Crippen molar-refractivity contribution in [3.63, 3.8) is 0 Å². The molecule has 12 nitrogen and oxygen atoms in total. The zero-order chi connectivity index (χ0) is 31.1. The number of rotatable bonds is 10. The molecule has 2 saturated heterocycles. The molecular formula is C31H37ClN8O4. The summed E-state index contributed by atoms with van der Waals surface area (Å²) in [6, 6.07) is 11.1. The van der Waals surface area contributed by atoms with Crippen molar-refractivity contribution in [1.82, 2.24) is 20.2 Å². The molecule has 1 aromatic heterocycles. The first-order valence-electron chi connectivity index (χ1n) is 14.6. The van der Waals surface area contributed by atoms with Crippen LogP contribution in [0.2, 0.25) is 5.02 Å². The van der Waals surface area contributed by atoms with Crippen molar-refractivity contribution in [2.45, 2.75) is 25.5 Å². The fourth-order valence-electron chi connectivity index (χ4n) is 5.53. The fourth-order valence-corrected chi connectivity index (χ4v) is 5.66. The van der Waals surface area contributed by atoms with Gasteiger partial charge in [0.05, 0.1) is 48.6 Å².